The molecule has 0 unspecified atom stereocenters. The number of hydrogen-bond acceptors (Lipinski definition) is 5. The van der Waals surface area contributed by atoms with Gasteiger partial charge in [-0.1, -0.05) is 13.8 Å². The van der Waals surface area contributed by atoms with Crippen molar-refractivity contribution in [1.29, 1.82) is 0 Å². The van der Waals surface area contributed by atoms with Crippen LogP contribution in [0.4, 0.5) is 8.78 Å². The van der Waals surface area contributed by atoms with Crippen molar-refractivity contribution in [3.63, 3.8) is 0 Å². The molecule has 0 bridgehead atoms. The van der Waals surface area contributed by atoms with E-state index in [-0.39, 0.29) is 6.61 Å². The molecule has 0 amide bonds. The summed E-state index contributed by atoms with van der Waals surface area (Å²) in [4.78, 5) is 10.8. The van der Waals surface area contributed by atoms with Crippen molar-refractivity contribution in [1.82, 2.24) is 9.78 Å². The van der Waals surface area contributed by atoms with Crippen LogP contribution >= 0.6 is 0 Å². The minimum absolute atomic E-state index is 0.00275. The number of esters is 1. The van der Waals surface area contributed by atoms with Crippen LogP contribution in [0.25, 0.3) is 0 Å². The van der Waals surface area contributed by atoms with E-state index >= 15 is 0 Å². The minimum atomic E-state index is -4.02. The first kappa shape index (κ1) is 18.5. The van der Waals surface area contributed by atoms with Gasteiger partial charge in [0.05, 0.1) is 6.61 Å². The van der Waals surface area contributed by atoms with Crippen LogP contribution in [0.15, 0.2) is 4.90 Å². The third-order valence-electron chi connectivity index (χ3n) is 2.08. The lowest BCUT2D eigenvalue weighted by Gasteiger charge is -2.04. The molecular formula is C11H18F2N2O4S. The Balaban J connectivity index is 0.00000172. The molecule has 0 aliphatic carbocycles. The number of alkyl halides is 2. The van der Waals surface area contributed by atoms with E-state index in [1.165, 1.54) is 14.0 Å². The Kier molecular flexibility index (Phi) is 6.77. The van der Waals surface area contributed by atoms with Crippen molar-refractivity contribution in [2.75, 3.05) is 12.9 Å². The zero-order valence-electron chi connectivity index (χ0n) is 12.0. The zero-order chi connectivity index (χ0) is 16.1. The van der Waals surface area contributed by atoms with E-state index in [1.54, 1.807) is 0 Å². The highest BCUT2D eigenvalue weighted by atomic mass is 32.2. The number of halogens is 2. The molecule has 1 heterocycles. The molecule has 0 aliphatic rings. The van der Waals surface area contributed by atoms with Crippen LogP contribution in [0.5, 0.6) is 0 Å². The molecule has 116 valence electrons. The summed E-state index contributed by atoms with van der Waals surface area (Å²) in [6, 6.07) is 0. The van der Waals surface area contributed by atoms with Gasteiger partial charge < -0.3 is 4.74 Å². The number of aromatic nitrogens is 2. The fourth-order valence-corrected chi connectivity index (χ4v) is 2.53. The molecule has 20 heavy (non-hydrogen) atoms. The highest BCUT2D eigenvalue weighted by Crippen LogP contribution is 2.28. The van der Waals surface area contributed by atoms with Crippen molar-refractivity contribution in [3.05, 3.63) is 11.4 Å². The Morgan fingerprint density at radius 2 is 1.90 bits per heavy atom. The highest BCUT2D eigenvalue weighted by Gasteiger charge is 2.33. The Morgan fingerprint density at radius 3 is 2.25 bits per heavy atom. The van der Waals surface area contributed by atoms with Crippen LogP contribution in [0.1, 0.15) is 43.4 Å². The summed E-state index contributed by atoms with van der Waals surface area (Å²) in [6.45, 7) is 5.51. The van der Waals surface area contributed by atoms with Gasteiger partial charge in [-0.3, -0.25) is 4.68 Å². The predicted molar refractivity (Wildman–Crippen MR) is 68.6 cm³/mol. The van der Waals surface area contributed by atoms with Gasteiger partial charge in [-0.15, -0.1) is 0 Å². The van der Waals surface area contributed by atoms with E-state index in [1.807, 2.05) is 13.8 Å². The van der Waals surface area contributed by atoms with Gasteiger partial charge in [0.1, 0.15) is 10.6 Å². The van der Waals surface area contributed by atoms with E-state index in [4.69, 9.17) is 0 Å². The van der Waals surface area contributed by atoms with E-state index in [9.17, 15) is 22.0 Å². The molecule has 0 saturated carbocycles. The van der Waals surface area contributed by atoms with Gasteiger partial charge >= 0.3 is 5.97 Å². The van der Waals surface area contributed by atoms with Crippen molar-refractivity contribution >= 4 is 15.8 Å². The van der Waals surface area contributed by atoms with Gasteiger partial charge in [-0.05, 0) is 6.92 Å². The first-order valence-corrected chi connectivity index (χ1v) is 7.81. The number of hydrogen-bond donors (Lipinski definition) is 0. The van der Waals surface area contributed by atoms with Crippen LogP contribution in [0, 0.1) is 0 Å². The van der Waals surface area contributed by atoms with Gasteiger partial charge in [0.2, 0.25) is 0 Å². The Bertz CT molecular complexity index is 567. The summed E-state index contributed by atoms with van der Waals surface area (Å²) in [5, 5.41) is 3.37. The summed E-state index contributed by atoms with van der Waals surface area (Å²) >= 11 is 0. The fraction of sp³-hybridized carbons (Fsp3) is 0.636. The molecule has 0 spiro atoms. The van der Waals surface area contributed by atoms with E-state index in [0.29, 0.717) is 0 Å². The van der Waals surface area contributed by atoms with Crippen LogP contribution in [-0.4, -0.2) is 37.0 Å². The smallest absolute Gasteiger partial charge is 0.357 e. The Hall–Kier alpha value is -1.51. The third-order valence-corrected chi connectivity index (χ3v) is 3.22. The fourth-order valence-electron chi connectivity index (χ4n) is 1.46. The monoisotopic (exact) mass is 312 g/mol. The van der Waals surface area contributed by atoms with Crippen LogP contribution in [0.3, 0.4) is 0 Å². The molecular weight excluding hydrogens is 294 g/mol. The molecule has 1 aromatic heterocycles. The number of ether oxygens (including phenoxy) is 1. The predicted octanol–water partition coefficient (Wildman–Crippen LogP) is 1.96. The lowest BCUT2D eigenvalue weighted by atomic mass is 10.3. The second kappa shape index (κ2) is 7.32. The van der Waals surface area contributed by atoms with E-state index in [2.05, 4.69) is 9.84 Å². The SMILES string of the molecule is CC.CCOC(=O)c1c(S(C)(=O)=O)c(C(F)F)nn1C. The van der Waals surface area contributed by atoms with Gasteiger partial charge in [-0.2, -0.15) is 5.10 Å². The largest absolute Gasteiger partial charge is 0.461 e. The molecule has 0 saturated heterocycles. The van der Waals surface area contributed by atoms with Crippen LogP contribution < -0.4 is 0 Å². The molecule has 1 aromatic rings. The molecule has 0 fully saturated rings. The third kappa shape index (κ3) is 3.99. The first-order chi connectivity index (χ1) is 9.20. The molecule has 0 aliphatic heterocycles. The summed E-state index contributed by atoms with van der Waals surface area (Å²) in [7, 11) is -2.81. The lowest BCUT2D eigenvalue weighted by Crippen LogP contribution is -2.14. The molecule has 9 heteroatoms. The molecule has 6 nitrogen and oxygen atoms in total. The minimum Gasteiger partial charge on any atom is -0.461 e. The number of carbonyl (C=O) groups is 1. The molecule has 0 radical (unpaired) electrons. The number of nitrogens with zero attached hydrogens (tertiary/aromatic N) is 2. The maximum absolute atomic E-state index is 12.7. The topological polar surface area (TPSA) is 78.3 Å². The summed E-state index contributed by atoms with van der Waals surface area (Å²) in [5.74, 6) is -1.00. The summed E-state index contributed by atoms with van der Waals surface area (Å²) < 4.78 is 53.8. The summed E-state index contributed by atoms with van der Waals surface area (Å²) in [5.41, 5.74) is -1.43. The van der Waals surface area contributed by atoms with E-state index < -0.39 is 38.5 Å². The first-order valence-electron chi connectivity index (χ1n) is 5.92. The van der Waals surface area contributed by atoms with E-state index in [0.717, 1.165) is 10.9 Å². The number of rotatable bonds is 4. The van der Waals surface area contributed by atoms with Gasteiger partial charge in [0.25, 0.3) is 6.43 Å². The maximum atomic E-state index is 12.7. The molecule has 0 N–H and O–H groups in total. The van der Waals surface area contributed by atoms with Gasteiger partial charge in [0.15, 0.2) is 15.5 Å². The molecule has 0 aromatic carbocycles. The number of sulfone groups is 1. The second-order valence-electron chi connectivity index (χ2n) is 3.48. The van der Waals surface area contributed by atoms with Gasteiger partial charge in [0, 0.05) is 13.3 Å². The average Bonchev–Trinajstić information content (AvgIpc) is 2.70. The quantitative estimate of drug-likeness (QED) is 0.794. The Labute approximate surface area is 116 Å². The standard InChI is InChI=1S/C9H12F2N2O4S.C2H6/c1-4-17-9(14)6-7(18(3,15)16)5(8(10)11)12-13(6)2;1-2/h8H,4H2,1-3H3;1-2H3. The lowest BCUT2D eigenvalue weighted by molar-refractivity contribution is 0.0509. The van der Waals surface area contributed by atoms with Crippen LogP contribution in [-0.2, 0) is 21.6 Å². The maximum Gasteiger partial charge on any atom is 0.357 e. The normalized spacial score (nSPS) is 11.0. The van der Waals surface area contributed by atoms with Crippen molar-refractivity contribution < 1.29 is 26.7 Å². The number of aryl methyl sites for hydroxylation is 1. The molecule has 0 atom stereocenters. The average molecular weight is 312 g/mol. The van der Waals surface area contributed by atoms with Crippen molar-refractivity contribution in [2.45, 2.75) is 32.1 Å². The second-order valence-corrected chi connectivity index (χ2v) is 5.43. The highest BCUT2D eigenvalue weighted by molar-refractivity contribution is 7.90. The molecule has 1 rings (SSSR count). The summed E-state index contributed by atoms with van der Waals surface area (Å²) in [6.07, 6.45) is -2.36. The van der Waals surface area contributed by atoms with Crippen LogP contribution in [0.2, 0.25) is 0 Å². The van der Waals surface area contributed by atoms with Gasteiger partial charge in [-0.25, -0.2) is 22.0 Å². The van der Waals surface area contributed by atoms with Crippen molar-refractivity contribution in [3.8, 4) is 0 Å². The number of carbonyl (C=O) groups excluding carboxylic acids is 1. The Morgan fingerprint density at radius 1 is 1.40 bits per heavy atom. The van der Waals surface area contributed by atoms with Crippen molar-refractivity contribution in [2.24, 2.45) is 7.05 Å². The zero-order valence-corrected chi connectivity index (χ0v) is 12.8.